The largest absolute Gasteiger partial charge is 0.409 e. The van der Waals surface area contributed by atoms with Gasteiger partial charge in [0.25, 0.3) is 0 Å². The molecular formula is C14H25N3O2S. The van der Waals surface area contributed by atoms with Crippen LogP contribution >= 0.6 is 11.3 Å². The SMILES string of the molecule is CC(C)(CCCCNCC(O)c1ccsc1)/C(N)=N/O. The normalized spacial score (nSPS) is 14.4. The van der Waals surface area contributed by atoms with E-state index in [1.165, 1.54) is 0 Å². The van der Waals surface area contributed by atoms with Crippen molar-refractivity contribution in [1.29, 1.82) is 0 Å². The van der Waals surface area contributed by atoms with E-state index in [9.17, 15) is 5.11 Å². The van der Waals surface area contributed by atoms with Crippen LogP contribution in [0.2, 0.25) is 0 Å². The molecule has 0 fully saturated rings. The van der Waals surface area contributed by atoms with Crippen molar-refractivity contribution in [3.05, 3.63) is 22.4 Å². The van der Waals surface area contributed by atoms with Crippen LogP contribution in [0.15, 0.2) is 22.0 Å². The van der Waals surface area contributed by atoms with E-state index in [1.807, 2.05) is 30.7 Å². The minimum Gasteiger partial charge on any atom is -0.409 e. The smallest absolute Gasteiger partial charge is 0.144 e. The van der Waals surface area contributed by atoms with Crippen molar-refractivity contribution in [3.8, 4) is 0 Å². The number of thiophene rings is 1. The van der Waals surface area contributed by atoms with Crippen LogP contribution in [0.4, 0.5) is 0 Å². The highest BCUT2D eigenvalue weighted by atomic mass is 32.1. The van der Waals surface area contributed by atoms with Gasteiger partial charge in [-0.25, -0.2) is 0 Å². The first kappa shape index (κ1) is 16.9. The minimum absolute atomic E-state index is 0.273. The Morgan fingerprint density at radius 3 is 2.85 bits per heavy atom. The van der Waals surface area contributed by atoms with E-state index in [1.54, 1.807) is 11.3 Å². The number of hydrogen-bond donors (Lipinski definition) is 4. The van der Waals surface area contributed by atoms with E-state index in [2.05, 4.69) is 10.5 Å². The molecule has 0 saturated carbocycles. The first-order chi connectivity index (χ1) is 9.47. The quantitative estimate of drug-likeness (QED) is 0.185. The molecular weight excluding hydrogens is 274 g/mol. The van der Waals surface area contributed by atoms with Gasteiger partial charge in [0, 0.05) is 12.0 Å². The summed E-state index contributed by atoms with van der Waals surface area (Å²) in [6.07, 6.45) is 2.43. The maximum atomic E-state index is 9.88. The van der Waals surface area contributed by atoms with Gasteiger partial charge in [0.05, 0.1) is 6.10 Å². The lowest BCUT2D eigenvalue weighted by molar-refractivity contribution is 0.175. The summed E-state index contributed by atoms with van der Waals surface area (Å²) in [6, 6.07) is 1.94. The molecule has 1 atom stereocenters. The third-order valence-electron chi connectivity index (χ3n) is 3.47. The zero-order valence-electron chi connectivity index (χ0n) is 12.2. The molecule has 0 aliphatic heterocycles. The predicted molar refractivity (Wildman–Crippen MR) is 83.2 cm³/mol. The fourth-order valence-corrected chi connectivity index (χ4v) is 2.61. The van der Waals surface area contributed by atoms with Gasteiger partial charge in [-0.3, -0.25) is 0 Å². The highest BCUT2D eigenvalue weighted by Gasteiger charge is 2.22. The Labute approximate surface area is 124 Å². The van der Waals surface area contributed by atoms with Gasteiger partial charge in [0.2, 0.25) is 0 Å². The number of nitrogens with one attached hydrogen (secondary N) is 1. The Morgan fingerprint density at radius 1 is 1.50 bits per heavy atom. The summed E-state index contributed by atoms with van der Waals surface area (Å²) < 4.78 is 0. The van der Waals surface area contributed by atoms with Crippen molar-refractivity contribution in [2.24, 2.45) is 16.3 Å². The van der Waals surface area contributed by atoms with E-state index in [0.29, 0.717) is 6.54 Å². The first-order valence-electron chi connectivity index (χ1n) is 6.86. The maximum absolute atomic E-state index is 9.88. The summed E-state index contributed by atoms with van der Waals surface area (Å²) in [5.74, 6) is 0.276. The van der Waals surface area contributed by atoms with Gasteiger partial charge in [-0.1, -0.05) is 25.4 Å². The number of amidine groups is 1. The number of hydrogen-bond acceptors (Lipinski definition) is 5. The molecule has 0 saturated heterocycles. The van der Waals surface area contributed by atoms with Crippen LogP contribution in [0.1, 0.15) is 44.8 Å². The van der Waals surface area contributed by atoms with Crippen LogP contribution in [0, 0.1) is 5.41 Å². The number of unbranched alkanes of at least 4 members (excludes halogenated alkanes) is 1. The standard InChI is InChI=1S/C14H25N3O2S/c1-14(2,13(15)17-19)6-3-4-7-16-9-12(18)11-5-8-20-10-11/h5,8,10,12,16,18-19H,3-4,6-7,9H2,1-2H3,(H2,15,17). The lowest BCUT2D eigenvalue weighted by atomic mass is 9.86. The van der Waals surface area contributed by atoms with E-state index in [4.69, 9.17) is 10.9 Å². The van der Waals surface area contributed by atoms with Gasteiger partial charge in [-0.05, 0) is 41.8 Å². The lowest BCUT2D eigenvalue weighted by Crippen LogP contribution is -2.32. The van der Waals surface area contributed by atoms with E-state index >= 15 is 0 Å². The second-order valence-electron chi connectivity index (χ2n) is 5.60. The molecule has 0 amide bonds. The third kappa shape index (κ3) is 5.48. The summed E-state index contributed by atoms with van der Waals surface area (Å²) in [7, 11) is 0. The van der Waals surface area contributed by atoms with Gasteiger partial charge >= 0.3 is 0 Å². The first-order valence-corrected chi connectivity index (χ1v) is 7.80. The van der Waals surface area contributed by atoms with Crippen molar-refractivity contribution in [2.45, 2.75) is 39.2 Å². The van der Waals surface area contributed by atoms with Crippen LogP contribution in [0.5, 0.6) is 0 Å². The molecule has 1 unspecified atom stereocenters. The Hall–Kier alpha value is -1.11. The zero-order chi connectivity index (χ0) is 15.0. The highest BCUT2D eigenvalue weighted by Crippen LogP contribution is 2.23. The molecule has 0 aliphatic rings. The molecule has 5 nitrogen and oxygen atoms in total. The highest BCUT2D eigenvalue weighted by molar-refractivity contribution is 7.07. The number of oxime groups is 1. The van der Waals surface area contributed by atoms with Crippen LogP contribution < -0.4 is 11.1 Å². The molecule has 1 rings (SSSR count). The van der Waals surface area contributed by atoms with Gasteiger partial charge in [0.15, 0.2) is 0 Å². The van der Waals surface area contributed by atoms with Gasteiger partial charge in [-0.15, -0.1) is 0 Å². The topological polar surface area (TPSA) is 90.9 Å². The van der Waals surface area contributed by atoms with Crippen molar-refractivity contribution in [3.63, 3.8) is 0 Å². The zero-order valence-corrected chi connectivity index (χ0v) is 13.0. The number of aliphatic hydroxyl groups excluding tert-OH is 1. The number of nitrogens with zero attached hydrogens (tertiary/aromatic N) is 1. The fourth-order valence-electron chi connectivity index (χ4n) is 1.90. The van der Waals surface area contributed by atoms with Crippen LogP contribution in [-0.4, -0.2) is 29.2 Å². The lowest BCUT2D eigenvalue weighted by Gasteiger charge is -2.22. The molecule has 20 heavy (non-hydrogen) atoms. The van der Waals surface area contributed by atoms with E-state index in [-0.39, 0.29) is 11.3 Å². The Balaban J connectivity index is 2.11. The molecule has 0 aromatic carbocycles. The average Bonchev–Trinajstić information content (AvgIpc) is 2.95. The Kier molecular flexibility index (Phi) is 6.98. The second kappa shape index (κ2) is 8.24. The van der Waals surface area contributed by atoms with E-state index < -0.39 is 6.10 Å². The predicted octanol–water partition coefficient (Wildman–Crippen LogP) is 2.31. The Bertz CT molecular complexity index is 405. The maximum Gasteiger partial charge on any atom is 0.144 e. The van der Waals surface area contributed by atoms with E-state index in [0.717, 1.165) is 31.4 Å². The molecule has 0 spiro atoms. The Morgan fingerprint density at radius 2 is 2.25 bits per heavy atom. The van der Waals surface area contributed by atoms with Crippen molar-refractivity contribution in [2.75, 3.05) is 13.1 Å². The number of aliphatic hydroxyl groups is 1. The number of rotatable bonds is 9. The molecule has 0 bridgehead atoms. The minimum atomic E-state index is -0.435. The summed E-state index contributed by atoms with van der Waals surface area (Å²) in [5.41, 5.74) is 6.33. The summed E-state index contributed by atoms with van der Waals surface area (Å²) in [5, 5.41) is 28.8. The molecule has 1 heterocycles. The molecule has 0 aliphatic carbocycles. The molecule has 5 N–H and O–H groups in total. The van der Waals surface area contributed by atoms with Crippen molar-refractivity contribution in [1.82, 2.24) is 5.32 Å². The second-order valence-corrected chi connectivity index (χ2v) is 6.38. The van der Waals surface area contributed by atoms with Gasteiger partial charge in [-0.2, -0.15) is 11.3 Å². The molecule has 114 valence electrons. The summed E-state index contributed by atoms with van der Waals surface area (Å²) in [4.78, 5) is 0. The molecule has 0 radical (unpaired) electrons. The van der Waals surface area contributed by atoms with Crippen molar-refractivity contribution >= 4 is 17.2 Å². The van der Waals surface area contributed by atoms with Crippen LogP contribution in [0.3, 0.4) is 0 Å². The van der Waals surface area contributed by atoms with Crippen LogP contribution in [0.25, 0.3) is 0 Å². The van der Waals surface area contributed by atoms with Gasteiger partial charge in [0.1, 0.15) is 5.84 Å². The summed E-state index contributed by atoms with van der Waals surface area (Å²) >= 11 is 1.59. The van der Waals surface area contributed by atoms with Crippen molar-refractivity contribution < 1.29 is 10.3 Å². The average molecular weight is 299 g/mol. The molecule has 1 aromatic heterocycles. The summed E-state index contributed by atoms with van der Waals surface area (Å²) in [6.45, 7) is 5.36. The molecule has 6 heteroatoms. The third-order valence-corrected chi connectivity index (χ3v) is 4.17. The fraction of sp³-hybridized carbons (Fsp3) is 0.643. The molecule has 1 aromatic rings. The monoisotopic (exact) mass is 299 g/mol. The van der Waals surface area contributed by atoms with Crippen LogP contribution in [-0.2, 0) is 0 Å². The number of nitrogens with two attached hydrogens (primary N) is 1. The van der Waals surface area contributed by atoms with Gasteiger partial charge < -0.3 is 21.4 Å².